The average molecular weight is 267 g/mol. The minimum Gasteiger partial charge on any atom is -0.306 e. The van der Waals surface area contributed by atoms with Crippen LogP contribution in [0.2, 0.25) is 0 Å². The molecule has 3 aromatic rings. The molecule has 0 spiro atoms. The molecule has 0 aliphatic rings. The quantitative estimate of drug-likeness (QED) is 0.570. The molecule has 1 aromatic heterocycles. The van der Waals surface area contributed by atoms with Crippen LogP contribution >= 0.6 is 0 Å². The maximum Gasteiger partial charge on any atom is 0.271 e. The second kappa shape index (κ2) is 4.58. The number of nitro groups is 1. The van der Waals surface area contributed by atoms with Gasteiger partial charge < -0.3 is 4.98 Å². The number of hydrogen-bond donors (Lipinski definition) is 1. The van der Waals surface area contributed by atoms with E-state index in [1.165, 1.54) is 18.2 Å². The van der Waals surface area contributed by atoms with Crippen LogP contribution in [0, 0.1) is 10.1 Å². The predicted octanol–water partition coefficient (Wildman–Crippen LogP) is 2.50. The average Bonchev–Trinajstić information content (AvgIpc) is 2.47. The van der Waals surface area contributed by atoms with Gasteiger partial charge in [-0.05, 0) is 6.07 Å². The Morgan fingerprint density at radius 3 is 2.55 bits per heavy atom. The SMILES string of the molecule is O=c1[nH]c(-c2ccccc2)nc2cc([N+](=O)[O-])ccc12. The van der Waals surface area contributed by atoms with E-state index >= 15 is 0 Å². The largest absolute Gasteiger partial charge is 0.306 e. The fourth-order valence-electron chi connectivity index (χ4n) is 1.97. The Labute approximate surface area is 112 Å². The second-order valence-corrected chi connectivity index (χ2v) is 4.24. The molecule has 6 nitrogen and oxygen atoms in total. The van der Waals surface area contributed by atoms with E-state index in [9.17, 15) is 14.9 Å². The van der Waals surface area contributed by atoms with E-state index < -0.39 is 4.92 Å². The van der Waals surface area contributed by atoms with Crippen LogP contribution in [0.4, 0.5) is 5.69 Å². The van der Waals surface area contributed by atoms with Crippen LogP contribution in [0.3, 0.4) is 0 Å². The second-order valence-electron chi connectivity index (χ2n) is 4.24. The van der Waals surface area contributed by atoms with Gasteiger partial charge >= 0.3 is 0 Å². The molecule has 0 unspecified atom stereocenters. The Hall–Kier alpha value is -3.02. The molecule has 20 heavy (non-hydrogen) atoms. The fraction of sp³-hybridized carbons (Fsp3) is 0. The molecule has 0 amide bonds. The summed E-state index contributed by atoms with van der Waals surface area (Å²) in [7, 11) is 0. The van der Waals surface area contributed by atoms with Gasteiger partial charge in [-0.25, -0.2) is 4.98 Å². The molecular formula is C14H9N3O3. The van der Waals surface area contributed by atoms with E-state index in [2.05, 4.69) is 9.97 Å². The van der Waals surface area contributed by atoms with E-state index in [0.717, 1.165) is 5.56 Å². The summed E-state index contributed by atoms with van der Waals surface area (Å²) in [6, 6.07) is 13.1. The highest BCUT2D eigenvalue weighted by Gasteiger charge is 2.10. The van der Waals surface area contributed by atoms with Crippen LogP contribution in [0.5, 0.6) is 0 Å². The van der Waals surface area contributed by atoms with Crippen LogP contribution in [-0.2, 0) is 0 Å². The Bertz CT molecular complexity index is 856. The van der Waals surface area contributed by atoms with Crippen molar-refractivity contribution < 1.29 is 4.92 Å². The molecule has 0 bridgehead atoms. The van der Waals surface area contributed by atoms with Crippen LogP contribution in [0.25, 0.3) is 22.3 Å². The van der Waals surface area contributed by atoms with Gasteiger partial charge in [-0.1, -0.05) is 30.3 Å². The summed E-state index contributed by atoms with van der Waals surface area (Å²) in [6.45, 7) is 0. The Morgan fingerprint density at radius 2 is 1.85 bits per heavy atom. The highest BCUT2D eigenvalue weighted by Crippen LogP contribution is 2.19. The molecule has 2 aromatic carbocycles. The van der Waals surface area contributed by atoms with E-state index in [4.69, 9.17) is 0 Å². The lowest BCUT2D eigenvalue weighted by atomic mass is 10.2. The topological polar surface area (TPSA) is 88.9 Å². The fourth-order valence-corrected chi connectivity index (χ4v) is 1.97. The van der Waals surface area contributed by atoms with Crippen molar-refractivity contribution in [3.63, 3.8) is 0 Å². The molecule has 0 saturated carbocycles. The number of aromatic amines is 1. The number of fused-ring (bicyclic) bond motifs is 1. The van der Waals surface area contributed by atoms with Crippen molar-refractivity contribution in [2.45, 2.75) is 0 Å². The zero-order chi connectivity index (χ0) is 14.1. The van der Waals surface area contributed by atoms with Crippen molar-refractivity contribution in [3.05, 3.63) is 69.0 Å². The molecule has 6 heteroatoms. The summed E-state index contributed by atoms with van der Waals surface area (Å²) in [6.07, 6.45) is 0. The molecule has 98 valence electrons. The van der Waals surface area contributed by atoms with Crippen LogP contribution in [-0.4, -0.2) is 14.9 Å². The van der Waals surface area contributed by atoms with Crippen molar-refractivity contribution >= 4 is 16.6 Å². The van der Waals surface area contributed by atoms with E-state index in [1.54, 1.807) is 0 Å². The molecule has 0 aliphatic carbocycles. The zero-order valence-corrected chi connectivity index (χ0v) is 10.2. The normalized spacial score (nSPS) is 10.6. The third-order valence-corrected chi connectivity index (χ3v) is 2.95. The highest BCUT2D eigenvalue weighted by atomic mass is 16.6. The lowest BCUT2D eigenvalue weighted by molar-refractivity contribution is -0.384. The van der Waals surface area contributed by atoms with Gasteiger partial charge in [0, 0.05) is 17.7 Å². The Morgan fingerprint density at radius 1 is 1.10 bits per heavy atom. The van der Waals surface area contributed by atoms with Gasteiger partial charge in [0.15, 0.2) is 0 Å². The van der Waals surface area contributed by atoms with Gasteiger partial charge in [-0.3, -0.25) is 14.9 Å². The summed E-state index contributed by atoms with van der Waals surface area (Å²) >= 11 is 0. The first-order valence-electron chi connectivity index (χ1n) is 5.89. The van der Waals surface area contributed by atoms with Crippen LogP contribution in [0.15, 0.2) is 53.3 Å². The number of nitrogens with one attached hydrogen (secondary N) is 1. The first-order valence-corrected chi connectivity index (χ1v) is 5.89. The lowest BCUT2D eigenvalue weighted by Gasteiger charge is -2.02. The minimum absolute atomic E-state index is 0.0883. The number of benzene rings is 2. The molecular weight excluding hydrogens is 258 g/mol. The third kappa shape index (κ3) is 2.03. The summed E-state index contributed by atoms with van der Waals surface area (Å²) < 4.78 is 0. The number of nitro benzene ring substituents is 1. The third-order valence-electron chi connectivity index (χ3n) is 2.95. The smallest absolute Gasteiger partial charge is 0.271 e. The van der Waals surface area contributed by atoms with Crippen molar-refractivity contribution in [2.75, 3.05) is 0 Å². The van der Waals surface area contributed by atoms with Crippen molar-refractivity contribution in [3.8, 4) is 11.4 Å². The highest BCUT2D eigenvalue weighted by molar-refractivity contribution is 5.81. The van der Waals surface area contributed by atoms with Crippen molar-refractivity contribution in [1.29, 1.82) is 0 Å². The molecule has 0 saturated heterocycles. The molecule has 3 rings (SSSR count). The van der Waals surface area contributed by atoms with Crippen LogP contribution in [0.1, 0.15) is 0 Å². The summed E-state index contributed by atoms with van der Waals surface area (Å²) in [4.78, 5) is 29.2. The van der Waals surface area contributed by atoms with Crippen molar-refractivity contribution in [2.24, 2.45) is 0 Å². The molecule has 0 aliphatic heterocycles. The van der Waals surface area contributed by atoms with Crippen molar-refractivity contribution in [1.82, 2.24) is 9.97 Å². The number of hydrogen-bond acceptors (Lipinski definition) is 4. The molecule has 1 N–H and O–H groups in total. The number of aromatic nitrogens is 2. The molecule has 0 atom stereocenters. The van der Waals surface area contributed by atoms with E-state index in [1.807, 2.05) is 30.3 Å². The minimum atomic E-state index is -0.509. The Balaban J connectivity index is 2.27. The summed E-state index contributed by atoms with van der Waals surface area (Å²) in [5.74, 6) is 0.392. The standard InChI is InChI=1S/C14H9N3O3/c18-14-11-7-6-10(17(19)20)8-12(11)15-13(16-14)9-4-2-1-3-5-9/h1-8H,(H,15,16,18). The number of nitrogens with zero attached hydrogens (tertiary/aromatic N) is 2. The summed E-state index contributed by atoms with van der Waals surface area (Å²) in [5, 5.41) is 11.1. The number of H-pyrrole nitrogens is 1. The van der Waals surface area contributed by atoms with Gasteiger partial charge in [-0.15, -0.1) is 0 Å². The molecule has 1 heterocycles. The summed E-state index contributed by atoms with van der Waals surface area (Å²) in [5.41, 5.74) is 0.651. The molecule has 0 radical (unpaired) electrons. The maximum atomic E-state index is 12.0. The van der Waals surface area contributed by atoms with E-state index in [-0.39, 0.29) is 11.2 Å². The first kappa shape index (κ1) is 12.0. The first-order chi connectivity index (χ1) is 9.65. The Kier molecular flexibility index (Phi) is 2.76. The maximum absolute atomic E-state index is 12.0. The van der Waals surface area contributed by atoms with Gasteiger partial charge in [0.25, 0.3) is 11.2 Å². The predicted molar refractivity (Wildman–Crippen MR) is 74.5 cm³/mol. The van der Waals surface area contributed by atoms with Crippen LogP contribution < -0.4 is 5.56 Å². The number of non-ortho nitro benzene ring substituents is 1. The van der Waals surface area contributed by atoms with Gasteiger partial charge in [0.05, 0.1) is 15.8 Å². The van der Waals surface area contributed by atoms with Gasteiger partial charge in [0.1, 0.15) is 5.82 Å². The monoisotopic (exact) mass is 267 g/mol. The zero-order valence-electron chi connectivity index (χ0n) is 10.2. The van der Waals surface area contributed by atoms with Gasteiger partial charge in [-0.2, -0.15) is 0 Å². The van der Waals surface area contributed by atoms with Gasteiger partial charge in [0.2, 0.25) is 0 Å². The number of rotatable bonds is 2. The lowest BCUT2D eigenvalue weighted by Crippen LogP contribution is -2.09. The van der Waals surface area contributed by atoms with E-state index in [0.29, 0.717) is 16.7 Å². The molecule has 0 fully saturated rings.